The molecule has 1 aliphatic carbocycles. The summed E-state index contributed by atoms with van der Waals surface area (Å²) in [6.07, 6.45) is 2.24. The summed E-state index contributed by atoms with van der Waals surface area (Å²) in [7, 11) is 0. The molecule has 0 spiro atoms. The van der Waals surface area contributed by atoms with E-state index in [1.807, 2.05) is 17.9 Å². The predicted octanol–water partition coefficient (Wildman–Crippen LogP) is 2.66. The number of rotatable bonds is 3. The lowest BCUT2D eigenvalue weighted by Crippen LogP contribution is -2.33. The van der Waals surface area contributed by atoms with Crippen LogP contribution >= 0.6 is 15.9 Å². The van der Waals surface area contributed by atoms with Crippen molar-refractivity contribution >= 4 is 27.5 Å². The minimum atomic E-state index is 0.0452. The van der Waals surface area contributed by atoms with Crippen LogP contribution in [0, 0.1) is 0 Å². The number of anilines is 1. The Morgan fingerprint density at radius 2 is 2.25 bits per heavy atom. The molecule has 2 N–H and O–H groups in total. The van der Waals surface area contributed by atoms with Gasteiger partial charge in [-0.25, -0.2) is 0 Å². The lowest BCUT2D eigenvalue weighted by atomic mass is 10.1. The first kappa shape index (κ1) is 11.5. The van der Waals surface area contributed by atoms with Crippen LogP contribution in [0.15, 0.2) is 22.7 Å². The lowest BCUT2D eigenvalue weighted by molar-refractivity contribution is 0.0753. The molecule has 1 amide bonds. The largest absolute Gasteiger partial charge is 0.398 e. The van der Waals surface area contributed by atoms with Crippen LogP contribution < -0.4 is 5.73 Å². The summed E-state index contributed by atoms with van der Waals surface area (Å²) in [6, 6.07) is 5.83. The first-order valence-corrected chi connectivity index (χ1v) is 6.28. The average Bonchev–Trinajstić information content (AvgIpc) is 3.07. The van der Waals surface area contributed by atoms with Crippen molar-refractivity contribution in [3.63, 3.8) is 0 Å². The Bertz CT molecular complexity index is 415. The molecule has 0 bridgehead atoms. The molecule has 0 atom stereocenters. The van der Waals surface area contributed by atoms with Crippen molar-refractivity contribution in [1.82, 2.24) is 4.90 Å². The van der Waals surface area contributed by atoms with Crippen LogP contribution in [-0.4, -0.2) is 23.4 Å². The molecule has 0 aliphatic heterocycles. The lowest BCUT2D eigenvalue weighted by Gasteiger charge is -2.21. The standard InChI is InChI=1S/C12H15BrN2O/c1-2-15(9-4-5-9)12(16)10-7-8(13)3-6-11(10)14/h3,6-7,9H,2,4-5,14H2,1H3. The smallest absolute Gasteiger partial charge is 0.256 e. The van der Waals surface area contributed by atoms with E-state index in [9.17, 15) is 4.79 Å². The van der Waals surface area contributed by atoms with Crippen molar-refractivity contribution < 1.29 is 4.79 Å². The van der Waals surface area contributed by atoms with Crippen molar-refractivity contribution in [1.29, 1.82) is 0 Å². The summed E-state index contributed by atoms with van der Waals surface area (Å²) < 4.78 is 0.886. The van der Waals surface area contributed by atoms with Crippen LogP contribution in [0.4, 0.5) is 5.69 Å². The Morgan fingerprint density at radius 3 is 2.81 bits per heavy atom. The van der Waals surface area contributed by atoms with E-state index in [0.717, 1.165) is 23.9 Å². The van der Waals surface area contributed by atoms with Crippen LogP contribution in [0.3, 0.4) is 0 Å². The molecule has 16 heavy (non-hydrogen) atoms. The number of amides is 1. The molecule has 1 fully saturated rings. The molecule has 1 aromatic carbocycles. The minimum absolute atomic E-state index is 0.0452. The quantitative estimate of drug-likeness (QED) is 0.867. The van der Waals surface area contributed by atoms with Gasteiger partial charge in [0.05, 0.1) is 5.56 Å². The normalized spacial score (nSPS) is 14.9. The molecule has 1 saturated carbocycles. The zero-order valence-electron chi connectivity index (χ0n) is 9.24. The van der Waals surface area contributed by atoms with E-state index in [1.165, 1.54) is 0 Å². The molecule has 2 rings (SSSR count). The van der Waals surface area contributed by atoms with E-state index in [4.69, 9.17) is 5.73 Å². The molecule has 0 unspecified atom stereocenters. The molecule has 0 aromatic heterocycles. The van der Waals surface area contributed by atoms with Crippen molar-refractivity contribution in [3.05, 3.63) is 28.2 Å². The number of nitrogens with zero attached hydrogens (tertiary/aromatic N) is 1. The summed E-state index contributed by atoms with van der Waals surface area (Å²) in [6.45, 7) is 2.75. The highest BCUT2D eigenvalue weighted by atomic mass is 79.9. The topological polar surface area (TPSA) is 46.3 Å². The second-order valence-electron chi connectivity index (χ2n) is 4.05. The molecule has 0 saturated heterocycles. The van der Waals surface area contributed by atoms with Crippen molar-refractivity contribution in [3.8, 4) is 0 Å². The van der Waals surface area contributed by atoms with Gasteiger partial charge in [0.1, 0.15) is 0 Å². The molecule has 0 radical (unpaired) electrons. The summed E-state index contributed by atoms with van der Waals surface area (Å²) in [5.74, 6) is 0.0452. The van der Waals surface area contributed by atoms with Gasteiger partial charge in [-0.05, 0) is 38.0 Å². The number of hydrogen-bond acceptors (Lipinski definition) is 2. The van der Waals surface area contributed by atoms with E-state index in [0.29, 0.717) is 17.3 Å². The number of hydrogen-bond donors (Lipinski definition) is 1. The van der Waals surface area contributed by atoms with Gasteiger partial charge in [0.2, 0.25) is 0 Å². The second kappa shape index (κ2) is 4.45. The first-order valence-electron chi connectivity index (χ1n) is 5.49. The zero-order valence-corrected chi connectivity index (χ0v) is 10.8. The van der Waals surface area contributed by atoms with Crippen LogP contribution in [0.1, 0.15) is 30.1 Å². The van der Waals surface area contributed by atoms with Gasteiger partial charge in [0.15, 0.2) is 0 Å². The molecular formula is C12H15BrN2O. The molecule has 86 valence electrons. The number of nitrogen functional groups attached to an aromatic ring is 1. The van der Waals surface area contributed by atoms with E-state index in [1.54, 1.807) is 12.1 Å². The maximum atomic E-state index is 12.3. The Hall–Kier alpha value is -1.03. The van der Waals surface area contributed by atoms with Crippen LogP contribution in [0.5, 0.6) is 0 Å². The summed E-state index contributed by atoms with van der Waals surface area (Å²) in [5.41, 5.74) is 6.98. The van der Waals surface area contributed by atoms with Gasteiger partial charge in [-0.15, -0.1) is 0 Å². The third-order valence-electron chi connectivity index (χ3n) is 2.83. The number of benzene rings is 1. The van der Waals surface area contributed by atoms with Crippen LogP contribution in [0.2, 0.25) is 0 Å². The van der Waals surface area contributed by atoms with E-state index in [2.05, 4.69) is 15.9 Å². The van der Waals surface area contributed by atoms with Gasteiger partial charge in [-0.2, -0.15) is 0 Å². The first-order chi connectivity index (χ1) is 7.63. The highest BCUT2D eigenvalue weighted by Crippen LogP contribution is 2.29. The number of carbonyl (C=O) groups excluding carboxylic acids is 1. The fraction of sp³-hybridized carbons (Fsp3) is 0.417. The fourth-order valence-corrected chi connectivity index (χ4v) is 2.18. The van der Waals surface area contributed by atoms with E-state index < -0.39 is 0 Å². The van der Waals surface area contributed by atoms with Gasteiger partial charge in [0, 0.05) is 22.7 Å². The maximum Gasteiger partial charge on any atom is 0.256 e. The van der Waals surface area contributed by atoms with E-state index in [-0.39, 0.29) is 5.91 Å². The van der Waals surface area contributed by atoms with Gasteiger partial charge in [0.25, 0.3) is 5.91 Å². The minimum Gasteiger partial charge on any atom is -0.398 e. The van der Waals surface area contributed by atoms with Gasteiger partial charge >= 0.3 is 0 Å². The molecule has 1 aliphatic rings. The fourth-order valence-electron chi connectivity index (χ4n) is 1.82. The molecule has 0 heterocycles. The third-order valence-corrected chi connectivity index (χ3v) is 3.33. The van der Waals surface area contributed by atoms with Crippen LogP contribution in [-0.2, 0) is 0 Å². The van der Waals surface area contributed by atoms with Gasteiger partial charge < -0.3 is 10.6 Å². The molecule has 4 heteroatoms. The Balaban J connectivity index is 2.28. The van der Waals surface area contributed by atoms with E-state index >= 15 is 0 Å². The maximum absolute atomic E-state index is 12.3. The average molecular weight is 283 g/mol. The summed E-state index contributed by atoms with van der Waals surface area (Å²) >= 11 is 3.36. The number of halogens is 1. The Morgan fingerprint density at radius 1 is 1.56 bits per heavy atom. The number of nitrogens with two attached hydrogens (primary N) is 1. The zero-order chi connectivity index (χ0) is 11.7. The molecule has 3 nitrogen and oxygen atoms in total. The molecule has 1 aromatic rings. The summed E-state index contributed by atoms with van der Waals surface area (Å²) in [4.78, 5) is 14.2. The third kappa shape index (κ3) is 2.21. The SMILES string of the molecule is CCN(C(=O)c1cc(Br)ccc1N)C1CC1. The Kier molecular flexibility index (Phi) is 3.19. The number of carbonyl (C=O) groups is 1. The van der Waals surface area contributed by atoms with Crippen molar-refractivity contribution in [2.75, 3.05) is 12.3 Å². The monoisotopic (exact) mass is 282 g/mol. The predicted molar refractivity (Wildman–Crippen MR) is 68.3 cm³/mol. The van der Waals surface area contributed by atoms with Gasteiger partial charge in [-0.1, -0.05) is 15.9 Å². The van der Waals surface area contributed by atoms with Crippen LogP contribution in [0.25, 0.3) is 0 Å². The Labute approximate surface area is 104 Å². The highest BCUT2D eigenvalue weighted by molar-refractivity contribution is 9.10. The van der Waals surface area contributed by atoms with Crippen molar-refractivity contribution in [2.24, 2.45) is 0 Å². The second-order valence-corrected chi connectivity index (χ2v) is 4.97. The highest BCUT2D eigenvalue weighted by Gasteiger charge is 2.32. The van der Waals surface area contributed by atoms with Gasteiger partial charge in [-0.3, -0.25) is 4.79 Å². The molecular weight excluding hydrogens is 268 g/mol. The van der Waals surface area contributed by atoms with Crippen molar-refractivity contribution in [2.45, 2.75) is 25.8 Å². The summed E-state index contributed by atoms with van der Waals surface area (Å²) in [5, 5.41) is 0.